The number of carbonyl (C=O) groups excluding carboxylic acids is 1. The second kappa shape index (κ2) is 19.9. The first-order chi connectivity index (χ1) is 19.9. The number of anilines is 1. The number of hydrogen-bond donors (Lipinski definition) is 1. The van der Waals surface area contributed by atoms with Crippen molar-refractivity contribution in [3.8, 4) is 5.75 Å². The zero-order chi connectivity index (χ0) is 29.3. The largest absolute Gasteiger partial charge is 1.00 e. The minimum atomic E-state index is -0.0218. The Labute approximate surface area is 270 Å². The van der Waals surface area contributed by atoms with Crippen molar-refractivity contribution in [3.05, 3.63) is 76.2 Å². The molecular formula is C36H53BrN2O2S. The first-order valence-corrected chi connectivity index (χ1v) is 16.9. The van der Waals surface area contributed by atoms with E-state index in [4.69, 9.17) is 4.74 Å². The fourth-order valence-corrected chi connectivity index (χ4v) is 5.72. The average molecular weight is 658 g/mol. The molecule has 6 heteroatoms. The molecule has 1 N–H and O–H groups in total. The van der Waals surface area contributed by atoms with Gasteiger partial charge in [0.15, 0.2) is 12.7 Å². The Morgan fingerprint density at radius 2 is 1.50 bits per heavy atom. The molecule has 0 spiro atoms. The number of benzene rings is 2. The predicted molar refractivity (Wildman–Crippen MR) is 174 cm³/mol. The number of nitrogens with zero attached hydrogens (tertiary/aromatic N) is 1. The number of halogens is 1. The van der Waals surface area contributed by atoms with E-state index in [0.717, 1.165) is 35.5 Å². The third-order valence-electron chi connectivity index (χ3n) is 7.71. The summed E-state index contributed by atoms with van der Waals surface area (Å²) in [5.74, 6) is 0.823. The summed E-state index contributed by atoms with van der Waals surface area (Å²) >= 11 is 1.66. The van der Waals surface area contributed by atoms with Crippen LogP contribution >= 0.6 is 11.3 Å². The first kappa shape index (κ1) is 36.0. The number of aromatic nitrogens is 1. The van der Waals surface area contributed by atoms with E-state index in [1.165, 1.54) is 76.2 Å². The molecule has 0 atom stereocenters. The van der Waals surface area contributed by atoms with Crippen LogP contribution in [0.3, 0.4) is 0 Å². The molecular weight excluding hydrogens is 604 g/mol. The summed E-state index contributed by atoms with van der Waals surface area (Å²) in [6, 6.07) is 14.4. The van der Waals surface area contributed by atoms with Crippen molar-refractivity contribution in [1.82, 2.24) is 0 Å². The molecule has 0 aliphatic heterocycles. The molecule has 0 saturated carbocycles. The van der Waals surface area contributed by atoms with Gasteiger partial charge in [-0.25, -0.2) is 0 Å². The number of carbonyl (C=O) groups is 1. The van der Waals surface area contributed by atoms with Crippen LogP contribution in [-0.4, -0.2) is 12.5 Å². The predicted octanol–water partition coefficient (Wildman–Crippen LogP) is 6.65. The SMILES string of the molecule is CCCCCCCCCCCCCCOc1cc(C(C)(C)C)ccc1CC(=O)Nc1ccccc1C[n+]1ccsc1.[Br-]. The Morgan fingerprint density at radius 1 is 0.857 bits per heavy atom. The third-order valence-corrected chi connectivity index (χ3v) is 8.38. The molecule has 0 aliphatic rings. The Bertz CT molecular complexity index is 1160. The molecule has 3 rings (SSSR count). The lowest BCUT2D eigenvalue weighted by Gasteiger charge is -2.21. The molecule has 0 aliphatic carbocycles. The number of ether oxygens (including phenoxy) is 1. The maximum Gasteiger partial charge on any atom is 0.228 e. The lowest BCUT2D eigenvalue weighted by atomic mass is 9.86. The fourth-order valence-electron chi connectivity index (χ4n) is 5.12. The molecule has 42 heavy (non-hydrogen) atoms. The number of nitrogens with one attached hydrogen (secondary N) is 1. The number of unbranched alkanes of at least 4 members (excludes halogenated alkanes) is 11. The molecule has 0 unspecified atom stereocenters. The zero-order valence-corrected chi connectivity index (χ0v) is 28.8. The Balaban J connectivity index is 0.00000616. The highest BCUT2D eigenvalue weighted by atomic mass is 79.9. The van der Waals surface area contributed by atoms with E-state index in [1.54, 1.807) is 11.3 Å². The van der Waals surface area contributed by atoms with Crippen molar-refractivity contribution in [3.63, 3.8) is 0 Å². The fraction of sp³-hybridized carbons (Fsp3) is 0.556. The molecule has 1 amide bonds. The smallest absolute Gasteiger partial charge is 0.228 e. The number of hydrogen-bond acceptors (Lipinski definition) is 3. The molecule has 0 radical (unpaired) electrons. The first-order valence-electron chi connectivity index (χ1n) is 15.9. The average Bonchev–Trinajstić information content (AvgIpc) is 3.45. The van der Waals surface area contributed by atoms with E-state index >= 15 is 0 Å². The van der Waals surface area contributed by atoms with Gasteiger partial charge in [-0.1, -0.05) is 140 Å². The van der Waals surface area contributed by atoms with Crippen LogP contribution < -0.4 is 31.6 Å². The molecule has 1 heterocycles. The summed E-state index contributed by atoms with van der Waals surface area (Å²) in [7, 11) is 0. The zero-order valence-electron chi connectivity index (χ0n) is 26.4. The van der Waals surface area contributed by atoms with E-state index in [1.807, 2.05) is 18.2 Å². The van der Waals surface area contributed by atoms with Crippen molar-refractivity contribution in [1.29, 1.82) is 0 Å². The van der Waals surface area contributed by atoms with Crippen LogP contribution in [0.4, 0.5) is 5.69 Å². The molecule has 3 aromatic rings. The van der Waals surface area contributed by atoms with Gasteiger partial charge in [-0.2, -0.15) is 4.57 Å². The van der Waals surface area contributed by atoms with Crippen LogP contribution in [0.15, 0.2) is 59.6 Å². The van der Waals surface area contributed by atoms with E-state index < -0.39 is 0 Å². The van der Waals surface area contributed by atoms with Gasteiger partial charge in [0, 0.05) is 11.1 Å². The van der Waals surface area contributed by atoms with Gasteiger partial charge in [0.1, 0.15) is 5.75 Å². The van der Waals surface area contributed by atoms with Gasteiger partial charge in [-0.3, -0.25) is 4.79 Å². The molecule has 232 valence electrons. The summed E-state index contributed by atoms with van der Waals surface area (Å²) < 4.78 is 8.46. The number of amides is 1. The monoisotopic (exact) mass is 656 g/mol. The van der Waals surface area contributed by atoms with Gasteiger partial charge in [0.2, 0.25) is 11.4 Å². The molecule has 1 aromatic heterocycles. The topological polar surface area (TPSA) is 42.2 Å². The van der Waals surface area contributed by atoms with Crippen LogP contribution in [0.2, 0.25) is 0 Å². The highest BCUT2D eigenvalue weighted by molar-refractivity contribution is 7.07. The van der Waals surface area contributed by atoms with Crippen LogP contribution in [-0.2, 0) is 23.2 Å². The summed E-state index contributed by atoms with van der Waals surface area (Å²) in [4.78, 5) is 13.2. The van der Waals surface area contributed by atoms with Gasteiger partial charge < -0.3 is 27.0 Å². The van der Waals surface area contributed by atoms with Crippen molar-refractivity contribution < 1.29 is 31.1 Å². The quantitative estimate of drug-likeness (QED) is 0.116. The normalized spacial score (nSPS) is 11.2. The van der Waals surface area contributed by atoms with E-state index in [9.17, 15) is 4.79 Å². The molecule has 2 aromatic carbocycles. The molecule has 0 bridgehead atoms. The number of para-hydroxylation sites is 1. The van der Waals surface area contributed by atoms with E-state index in [0.29, 0.717) is 6.61 Å². The van der Waals surface area contributed by atoms with Crippen molar-refractivity contribution in [2.45, 2.75) is 123 Å². The molecule has 0 fully saturated rings. The maximum absolute atomic E-state index is 13.2. The van der Waals surface area contributed by atoms with Gasteiger partial charge in [0.05, 0.1) is 24.1 Å². The highest BCUT2D eigenvalue weighted by Crippen LogP contribution is 2.30. The van der Waals surface area contributed by atoms with Gasteiger partial charge in [-0.05, 0) is 29.5 Å². The second-order valence-corrected chi connectivity index (χ2v) is 13.1. The van der Waals surface area contributed by atoms with Crippen molar-refractivity contribution in [2.24, 2.45) is 0 Å². The van der Waals surface area contributed by atoms with Crippen LogP contribution in [0, 0.1) is 0 Å². The number of thiazole rings is 1. The van der Waals surface area contributed by atoms with Crippen LogP contribution in [0.1, 0.15) is 121 Å². The number of rotatable bonds is 19. The standard InChI is InChI=1S/C36H52N2O2S.BrH/c1-5-6-7-8-9-10-11-12-13-14-15-18-24-40-34-27-32(36(2,3)4)22-21-30(34)26-35(39)37-33-20-17-16-19-31(33)28-38-23-25-41-29-38;/h16-17,19-23,25,27,29H,5-15,18,24,26,28H2,1-4H3;1H. The summed E-state index contributed by atoms with van der Waals surface area (Å²) in [6.45, 7) is 10.3. The lowest BCUT2D eigenvalue weighted by molar-refractivity contribution is -0.683. The highest BCUT2D eigenvalue weighted by Gasteiger charge is 2.18. The van der Waals surface area contributed by atoms with E-state index in [2.05, 4.69) is 78.9 Å². The van der Waals surface area contributed by atoms with Gasteiger partial charge in [-0.15, -0.1) is 0 Å². The minimum Gasteiger partial charge on any atom is -1.00 e. The van der Waals surface area contributed by atoms with Crippen molar-refractivity contribution >= 4 is 22.9 Å². The maximum atomic E-state index is 13.2. The van der Waals surface area contributed by atoms with Crippen molar-refractivity contribution in [2.75, 3.05) is 11.9 Å². The summed E-state index contributed by atoms with van der Waals surface area (Å²) in [5.41, 5.74) is 6.23. The van der Waals surface area contributed by atoms with Gasteiger partial charge >= 0.3 is 0 Å². The third kappa shape index (κ3) is 13.4. The second-order valence-electron chi connectivity index (χ2n) is 12.4. The van der Waals surface area contributed by atoms with Crippen LogP contribution in [0.5, 0.6) is 5.75 Å². The Kier molecular flexibility index (Phi) is 17.1. The Hall–Kier alpha value is -2.18. The minimum absolute atomic E-state index is 0. The molecule has 0 saturated heterocycles. The van der Waals surface area contributed by atoms with E-state index in [-0.39, 0.29) is 34.7 Å². The van der Waals surface area contributed by atoms with Crippen LogP contribution in [0.25, 0.3) is 0 Å². The summed E-state index contributed by atoms with van der Waals surface area (Å²) in [6.07, 6.45) is 18.3. The lowest BCUT2D eigenvalue weighted by Crippen LogP contribution is -3.00. The molecule has 4 nitrogen and oxygen atoms in total. The van der Waals surface area contributed by atoms with Gasteiger partial charge in [0.25, 0.3) is 0 Å². The Morgan fingerprint density at radius 3 is 2.12 bits per heavy atom. The summed E-state index contributed by atoms with van der Waals surface area (Å²) in [5, 5.41) is 5.21.